The van der Waals surface area contributed by atoms with E-state index in [-0.39, 0.29) is 6.04 Å². The summed E-state index contributed by atoms with van der Waals surface area (Å²) in [6.45, 7) is 5.94. The van der Waals surface area contributed by atoms with Crippen LogP contribution >= 0.6 is 12.2 Å². The van der Waals surface area contributed by atoms with Crippen LogP contribution in [0.4, 0.5) is 4.79 Å². The van der Waals surface area contributed by atoms with E-state index in [1.54, 1.807) is 6.92 Å². The lowest BCUT2D eigenvalue weighted by Gasteiger charge is -2.11. The first-order chi connectivity index (χ1) is 5.56. The number of alkyl carbamates (subject to hydrolysis) is 1. The number of hydrogen-bond donors (Lipinski definition) is 2. The van der Waals surface area contributed by atoms with Gasteiger partial charge in [-0.1, -0.05) is 0 Å². The highest BCUT2D eigenvalue weighted by Gasteiger charge is 2.03. The topological polar surface area (TPSA) is 50.4 Å². The van der Waals surface area contributed by atoms with Crippen molar-refractivity contribution >= 4 is 23.4 Å². The van der Waals surface area contributed by atoms with Crippen LogP contribution in [-0.4, -0.2) is 23.9 Å². The summed E-state index contributed by atoms with van der Waals surface area (Å²) in [6.07, 6.45) is -0.518. The highest BCUT2D eigenvalue weighted by Crippen LogP contribution is 1.80. The first-order valence-electron chi connectivity index (χ1n) is 3.80. The molecule has 0 spiro atoms. The molecule has 0 aliphatic carbocycles. The second kappa shape index (κ2) is 5.77. The Morgan fingerprint density at radius 3 is 2.58 bits per heavy atom. The fourth-order valence-corrected chi connectivity index (χ4v) is 0.877. The van der Waals surface area contributed by atoms with Crippen molar-refractivity contribution in [1.29, 1.82) is 0 Å². The summed E-state index contributed by atoms with van der Waals surface area (Å²) in [5.74, 6) is 0. The zero-order valence-electron chi connectivity index (χ0n) is 7.51. The number of carbonyl (C=O) groups excluding carboxylic acids is 1. The molecule has 0 aromatic carbocycles. The third-order valence-electron chi connectivity index (χ3n) is 0.911. The first-order valence-corrected chi connectivity index (χ1v) is 4.21. The van der Waals surface area contributed by atoms with E-state index in [4.69, 9.17) is 12.2 Å². The van der Waals surface area contributed by atoms with Gasteiger partial charge in [0.1, 0.15) is 0 Å². The molecule has 0 rings (SSSR count). The lowest BCUT2D eigenvalue weighted by molar-refractivity contribution is 0.157. The number of ether oxygens (including phenoxy) is 1. The lowest BCUT2D eigenvalue weighted by Crippen LogP contribution is -2.42. The molecule has 1 amide bonds. The molecule has 12 heavy (non-hydrogen) atoms. The van der Waals surface area contributed by atoms with E-state index in [9.17, 15) is 4.79 Å². The van der Waals surface area contributed by atoms with Crippen LogP contribution in [0.5, 0.6) is 0 Å². The van der Waals surface area contributed by atoms with Gasteiger partial charge < -0.3 is 10.1 Å². The van der Waals surface area contributed by atoms with E-state index in [1.165, 1.54) is 0 Å². The van der Waals surface area contributed by atoms with E-state index >= 15 is 0 Å². The Balaban J connectivity index is 3.62. The van der Waals surface area contributed by atoms with Gasteiger partial charge in [0.2, 0.25) is 0 Å². The number of thiocarbonyl (C=S) groups is 1. The maximum Gasteiger partial charge on any atom is 0.413 e. The number of amides is 1. The molecule has 0 radical (unpaired) electrons. The van der Waals surface area contributed by atoms with Gasteiger partial charge in [0.25, 0.3) is 0 Å². The molecule has 4 nitrogen and oxygen atoms in total. The molecule has 0 aromatic heterocycles. The van der Waals surface area contributed by atoms with Crippen molar-refractivity contribution in [3.05, 3.63) is 0 Å². The summed E-state index contributed by atoms with van der Waals surface area (Å²) in [4.78, 5) is 10.8. The van der Waals surface area contributed by atoms with Crippen LogP contribution in [0.2, 0.25) is 0 Å². The van der Waals surface area contributed by atoms with Gasteiger partial charge in [0.15, 0.2) is 5.11 Å². The molecular weight excluding hydrogens is 176 g/mol. The zero-order valence-corrected chi connectivity index (χ0v) is 8.33. The van der Waals surface area contributed by atoms with E-state index in [0.29, 0.717) is 11.7 Å². The summed E-state index contributed by atoms with van der Waals surface area (Å²) >= 11 is 4.80. The number of carbonyl (C=O) groups is 1. The molecule has 0 heterocycles. The van der Waals surface area contributed by atoms with Gasteiger partial charge in [-0.2, -0.15) is 0 Å². The molecule has 0 aliphatic rings. The third kappa shape index (κ3) is 5.91. The summed E-state index contributed by atoms with van der Waals surface area (Å²) in [5, 5.41) is 5.52. The van der Waals surface area contributed by atoms with Gasteiger partial charge in [0.05, 0.1) is 6.61 Å². The Kier molecular flexibility index (Phi) is 5.36. The predicted molar refractivity (Wildman–Crippen MR) is 51.0 cm³/mol. The summed E-state index contributed by atoms with van der Waals surface area (Å²) in [7, 11) is 0. The van der Waals surface area contributed by atoms with E-state index in [2.05, 4.69) is 15.4 Å². The molecule has 5 heteroatoms. The van der Waals surface area contributed by atoms with Gasteiger partial charge in [0, 0.05) is 6.04 Å². The third-order valence-corrected chi connectivity index (χ3v) is 1.13. The van der Waals surface area contributed by atoms with Crippen molar-refractivity contribution in [3.8, 4) is 0 Å². The van der Waals surface area contributed by atoms with Crippen LogP contribution < -0.4 is 10.6 Å². The van der Waals surface area contributed by atoms with E-state index in [0.717, 1.165) is 0 Å². The minimum Gasteiger partial charge on any atom is -0.450 e. The average Bonchev–Trinajstić information content (AvgIpc) is 1.84. The number of rotatable bonds is 2. The molecule has 0 atom stereocenters. The highest BCUT2D eigenvalue weighted by molar-refractivity contribution is 7.80. The predicted octanol–water partition coefficient (Wildman–Crippen LogP) is 1.02. The molecule has 0 saturated carbocycles. The maximum absolute atomic E-state index is 10.8. The second-order valence-corrected chi connectivity index (χ2v) is 2.88. The van der Waals surface area contributed by atoms with Crippen molar-refractivity contribution in [2.45, 2.75) is 26.8 Å². The Labute approximate surface area is 77.7 Å². The van der Waals surface area contributed by atoms with Crippen molar-refractivity contribution in [2.24, 2.45) is 0 Å². The molecule has 0 aliphatic heterocycles. The maximum atomic E-state index is 10.8. The second-order valence-electron chi connectivity index (χ2n) is 2.47. The first kappa shape index (κ1) is 11.2. The van der Waals surface area contributed by atoms with Crippen LogP contribution in [0.1, 0.15) is 20.8 Å². The molecular formula is C7H14N2O2S. The standard InChI is InChI=1S/C7H14N2O2S/c1-4-11-7(10)9-6(12)8-5(2)3/h5H,4H2,1-3H3,(H2,8,9,10,12). The Bertz CT molecular complexity index is 171. The number of nitrogens with one attached hydrogen (secondary N) is 2. The van der Waals surface area contributed by atoms with Gasteiger partial charge >= 0.3 is 6.09 Å². The van der Waals surface area contributed by atoms with Crippen molar-refractivity contribution < 1.29 is 9.53 Å². The molecule has 0 fully saturated rings. The molecule has 0 bridgehead atoms. The Hall–Kier alpha value is -0.840. The fraction of sp³-hybridized carbons (Fsp3) is 0.714. The number of hydrogen-bond acceptors (Lipinski definition) is 3. The minimum absolute atomic E-state index is 0.208. The van der Waals surface area contributed by atoms with E-state index in [1.807, 2.05) is 13.8 Å². The Morgan fingerprint density at radius 1 is 1.58 bits per heavy atom. The van der Waals surface area contributed by atoms with E-state index < -0.39 is 6.09 Å². The fourth-order valence-electron chi connectivity index (χ4n) is 0.558. The van der Waals surface area contributed by atoms with Crippen LogP contribution in [0, 0.1) is 0 Å². The normalized spacial score (nSPS) is 9.33. The zero-order chi connectivity index (χ0) is 9.56. The minimum atomic E-state index is -0.518. The summed E-state index contributed by atoms with van der Waals surface area (Å²) in [6, 6.07) is 0.208. The molecule has 2 N–H and O–H groups in total. The van der Waals surface area contributed by atoms with Crippen LogP contribution in [0.15, 0.2) is 0 Å². The van der Waals surface area contributed by atoms with Gasteiger partial charge in [-0.3, -0.25) is 5.32 Å². The highest BCUT2D eigenvalue weighted by atomic mass is 32.1. The van der Waals surface area contributed by atoms with Crippen LogP contribution in [0.3, 0.4) is 0 Å². The lowest BCUT2D eigenvalue weighted by atomic mass is 10.4. The smallest absolute Gasteiger partial charge is 0.413 e. The molecule has 0 aromatic rings. The molecule has 0 saturated heterocycles. The molecule has 70 valence electrons. The van der Waals surface area contributed by atoms with Crippen LogP contribution in [-0.2, 0) is 4.74 Å². The molecule has 0 unspecified atom stereocenters. The van der Waals surface area contributed by atoms with Crippen LogP contribution in [0.25, 0.3) is 0 Å². The van der Waals surface area contributed by atoms with Crippen molar-refractivity contribution in [2.75, 3.05) is 6.61 Å². The summed E-state index contributed by atoms with van der Waals surface area (Å²) in [5.41, 5.74) is 0. The van der Waals surface area contributed by atoms with Gasteiger partial charge in [-0.15, -0.1) is 0 Å². The average molecular weight is 190 g/mol. The summed E-state index contributed by atoms with van der Waals surface area (Å²) < 4.78 is 4.62. The van der Waals surface area contributed by atoms with Gasteiger partial charge in [-0.05, 0) is 33.0 Å². The Morgan fingerprint density at radius 2 is 2.17 bits per heavy atom. The van der Waals surface area contributed by atoms with Crippen molar-refractivity contribution in [1.82, 2.24) is 10.6 Å². The van der Waals surface area contributed by atoms with Gasteiger partial charge in [-0.25, -0.2) is 4.79 Å². The SMILES string of the molecule is CCOC(=O)NC(=S)NC(C)C. The monoisotopic (exact) mass is 190 g/mol. The quantitative estimate of drug-likeness (QED) is 0.638. The van der Waals surface area contributed by atoms with Crippen molar-refractivity contribution in [3.63, 3.8) is 0 Å². The largest absolute Gasteiger partial charge is 0.450 e.